The first-order valence-electron chi connectivity index (χ1n) is 10.5. The normalized spacial score (nSPS) is 11.7. The van der Waals surface area contributed by atoms with Crippen LogP contribution in [-0.2, 0) is 16.4 Å². The van der Waals surface area contributed by atoms with Gasteiger partial charge in [-0.25, -0.2) is 18.4 Å². The van der Waals surface area contributed by atoms with E-state index >= 15 is 0 Å². The molecule has 8 nitrogen and oxygen atoms in total. The van der Waals surface area contributed by atoms with Crippen LogP contribution in [0.4, 0.5) is 11.5 Å². The number of imidazole rings is 1. The zero-order valence-electron chi connectivity index (χ0n) is 18.3. The van der Waals surface area contributed by atoms with Crippen LogP contribution in [0.25, 0.3) is 16.4 Å². The second-order valence-corrected chi connectivity index (χ2v) is 9.96. The molecule has 5 aromatic rings. The van der Waals surface area contributed by atoms with Gasteiger partial charge < -0.3 is 5.73 Å². The van der Waals surface area contributed by atoms with Crippen LogP contribution in [0.15, 0.2) is 90.1 Å². The molecule has 0 aliphatic carbocycles. The summed E-state index contributed by atoms with van der Waals surface area (Å²) < 4.78 is 26.8. The van der Waals surface area contributed by atoms with E-state index in [2.05, 4.69) is 9.97 Å². The molecule has 1 amide bonds. The third-order valence-corrected chi connectivity index (χ3v) is 6.69. The van der Waals surface area contributed by atoms with Gasteiger partial charge in [-0.15, -0.1) is 0 Å². The van der Waals surface area contributed by atoms with Gasteiger partial charge in [-0.2, -0.15) is 0 Å². The van der Waals surface area contributed by atoms with E-state index in [0.29, 0.717) is 11.3 Å². The molecule has 3 aromatic heterocycles. The summed E-state index contributed by atoms with van der Waals surface area (Å²) in [6, 6.07) is 21.2. The number of nitrogens with zero attached hydrogens (tertiary/aromatic N) is 4. The highest BCUT2D eigenvalue weighted by Gasteiger charge is 2.27. The van der Waals surface area contributed by atoms with Gasteiger partial charge in [-0.3, -0.25) is 14.1 Å². The maximum absolute atomic E-state index is 13.8. The van der Waals surface area contributed by atoms with Crippen molar-refractivity contribution in [2.24, 2.45) is 0 Å². The molecule has 34 heavy (non-hydrogen) atoms. The molecule has 0 radical (unpaired) electrons. The third kappa shape index (κ3) is 3.97. The SMILES string of the molecule is CS(=O)(=O)c1ccccc1N(Cc1ccc2ccc(N)nc2c1)C(=O)c1ncc2ccccn12. The minimum atomic E-state index is -3.61. The van der Waals surface area contributed by atoms with Crippen molar-refractivity contribution in [3.05, 3.63) is 96.6 Å². The third-order valence-electron chi connectivity index (χ3n) is 5.55. The molecule has 0 aliphatic rings. The van der Waals surface area contributed by atoms with Crippen LogP contribution >= 0.6 is 0 Å². The van der Waals surface area contributed by atoms with Crippen LogP contribution in [0, 0.1) is 0 Å². The Balaban J connectivity index is 1.66. The first-order chi connectivity index (χ1) is 16.3. The Labute approximate surface area is 196 Å². The van der Waals surface area contributed by atoms with Crippen LogP contribution in [-0.4, -0.2) is 34.9 Å². The van der Waals surface area contributed by atoms with Gasteiger partial charge in [0.1, 0.15) is 5.82 Å². The average Bonchev–Trinajstić information content (AvgIpc) is 3.25. The Hall–Kier alpha value is -4.24. The molecule has 0 unspecified atom stereocenters. The topological polar surface area (TPSA) is 111 Å². The van der Waals surface area contributed by atoms with Crippen molar-refractivity contribution in [2.45, 2.75) is 11.4 Å². The molecule has 2 aromatic carbocycles. The number of nitrogen functional groups attached to an aromatic ring is 1. The molecule has 3 heterocycles. The van der Waals surface area contributed by atoms with E-state index in [1.807, 2.05) is 36.4 Å². The van der Waals surface area contributed by atoms with Gasteiger partial charge in [0.15, 0.2) is 9.84 Å². The van der Waals surface area contributed by atoms with E-state index in [1.165, 1.54) is 11.0 Å². The molecule has 2 N–H and O–H groups in total. The molecule has 0 saturated heterocycles. The van der Waals surface area contributed by atoms with Gasteiger partial charge in [0.05, 0.1) is 34.4 Å². The Bertz CT molecular complexity index is 1660. The summed E-state index contributed by atoms with van der Waals surface area (Å²) in [7, 11) is -3.61. The second-order valence-electron chi connectivity index (χ2n) is 7.97. The average molecular weight is 472 g/mol. The van der Waals surface area contributed by atoms with E-state index in [0.717, 1.165) is 22.7 Å². The zero-order valence-corrected chi connectivity index (χ0v) is 19.1. The monoisotopic (exact) mass is 471 g/mol. The van der Waals surface area contributed by atoms with Crippen LogP contribution < -0.4 is 10.6 Å². The number of benzene rings is 2. The zero-order chi connectivity index (χ0) is 23.9. The predicted molar refractivity (Wildman–Crippen MR) is 131 cm³/mol. The number of pyridine rings is 2. The van der Waals surface area contributed by atoms with E-state index in [-0.39, 0.29) is 23.0 Å². The molecule has 9 heteroatoms. The van der Waals surface area contributed by atoms with Crippen molar-refractivity contribution in [3.63, 3.8) is 0 Å². The lowest BCUT2D eigenvalue weighted by Gasteiger charge is -2.24. The fraction of sp³-hybridized carbons (Fsp3) is 0.0800. The van der Waals surface area contributed by atoms with Gasteiger partial charge in [0, 0.05) is 17.8 Å². The maximum atomic E-state index is 13.8. The molecular weight excluding hydrogens is 450 g/mol. The van der Waals surface area contributed by atoms with Crippen molar-refractivity contribution in [3.8, 4) is 0 Å². The van der Waals surface area contributed by atoms with E-state index in [9.17, 15) is 13.2 Å². The number of carbonyl (C=O) groups is 1. The number of carbonyl (C=O) groups excluding carboxylic acids is 1. The number of para-hydroxylation sites is 1. The van der Waals surface area contributed by atoms with Crippen molar-refractivity contribution >= 4 is 43.7 Å². The summed E-state index contributed by atoms with van der Waals surface area (Å²) in [6.45, 7) is 0.111. The van der Waals surface area contributed by atoms with E-state index < -0.39 is 15.7 Å². The summed E-state index contributed by atoms with van der Waals surface area (Å²) in [6.07, 6.45) is 4.48. The van der Waals surface area contributed by atoms with Gasteiger partial charge in [-0.1, -0.05) is 30.3 Å². The highest BCUT2D eigenvalue weighted by Crippen LogP contribution is 2.29. The second kappa shape index (κ2) is 8.27. The summed E-state index contributed by atoms with van der Waals surface area (Å²) in [4.78, 5) is 24.0. The summed E-state index contributed by atoms with van der Waals surface area (Å²) in [5, 5.41) is 0.909. The lowest BCUT2D eigenvalue weighted by molar-refractivity contribution is 0.0974. The van der Waals surface area contributed by atoms with Crippen LogP contribution in [0.1, 0.15) is 16.2 Å². The van der Waals surface area contributed by atoms with Crippen molar-refractivity contribution in [2.75, 3.05) is 16.9 Å². The fourth-order valence-electron chi connectivity index (χ4n) is 3.94. The molecule has 0 spiro atoms. The highest BCUT2D eigenvalue weighted by atomic mass is 32.2. The standard InChI is InChI=1S/C25H21N5O3S/c1-34(32,33)22-8-3-2-7-21(22)30(25(31)24-27-15-19-6-4-5-13-29(19)24)16-17-9-10-18-11-12-23(26)28-20(18)14-17/h2-15H,16H2,1H3,(H2,26,28). The Morgan fingerprint density at radius 3 is 2.62 bits per heavy atom. The van der Waals surface area contributed by atoms with Crippen LogP contribution in [0.5, 0.6) is 0 Å². The van der Waals surface area contributed by atoms with Gasteiger partial charge >= 0.3 is 0 Å². The first kappa shape index (κ1) is 21.6. The Kier molecular flexibility index (Phi) is 5.25. The minimum Gasteiger partial charge on any atom is -0.384 e. The predicted octanol–water partition coefficient (Wildman–Crippen LogP) is 3.72. The largest absolute Gasteiger partial charge is 0.384 e. The number of aromatic nitrogens is 3. The molecule has 5 rings (SSSR count). The fourth-order valence-corrected chi connectivity index (χ4v) is 4.83. The number of rotatable bonds is 5. The summed E-state index contributed by atoms with van der Waals surface area (Å²) in [5.74, 6) is 0.147. The van der Waals surface area contributed by atoms with Crippen LogP contribution in [0.2, 0.25) is 0 Å². The molecule has 170 valence electrons. The van der Waals surface area contributed by atoms with Crippen molar-refractivity contribution in [1.82, 2.24) is 14.4 Å². The Morgan fingerprint density at radius 2 is 1.79 bits per heavy atom. The van der Waals surface area contributed by atoms with E-state index in [1.54, 1.807) is 47.1 Å². The minimum absolute atomic E-state index is 0.0624. The van der Waals surface area contributed by atoms with Crippen LogP contribution in [0.3, 0.4) is 0 Å². The van der Waals surface area contributed by atoms with Gasteiger partial charge in [0.2, 0.25) is 5.82 Å². The molecule has 0 saturated carbocycles. The number of hydrogen-bond acceptors (Lipinski definition) is 6. The summed E-state index contributed by atoms with van der Waals surface area (Å²) in [5.41, 5.74) is 8.34. The number of sulfone groups is 1. The van der Waals surface area contributed by atoms with E-state index in [4.69, 9.17) is 5.73 Å². The lowest BCUT2D eigenvalue weighted by Crippen LogP contribution is -2.33. The highest BCUT2D eigenvalue weighted by molar-refractivity contribution is 7.90. The molecular formula is C25H21N5O3S. The molecule has 0 fully saturated rings. The lowest BCUT2D eigenvalue weighted by atomic mass is 10.1. The number of nitrogens with two attached hydrogens (primary N) is 1. The first-order valence-corrected chi connectivity index (χ1v) is 12.4. The number of hydrogen-bond donors (Lipinski definition) is 1. The smallest absolute Gasteiger partial charge is 0.294 e. The quantitative estimate of drug-likeness (QED) is 0.418. The maximum Gasteiger partial charge on any atom is 0.294 e. The number of amides is 1. The Morgan fingerprint density at radius 1 is 1.03 bits per heavy atom. The summed E-state index contributed by atoms with van der Waals surface area (Å²) >= 11 is 0. The van der Waals surface area contributed by atoms with Crippen molar-refractivity contribution < 1.29 is 13.2 Å². The van der Waals surface area contributed by atoms with Crippen molar-refractivity contribution in [1.29, 1.82) is 0 Å². The van der Waals surface area contributed by atoms with Gasteiger partial charge in [-0.05, 0) is 48.0 Å². The number of fused-ring (bicyclic) bond motifs is 2. The van der Waals surface area contributed by atoms with Gasteiger partial charge in [0.25, 0.3) is 5.91 Å². The molecule has 0 bridgehead atoms. The number of anilines is 2. The molecule has 0 atom stereocenters. The molecule has 0 aliphatic heterocycles.